The lowest BCUT2D eigenvalue weighted by Crippen LogP contribution is -2.31. The summed E-state index contributed by atoms with van der Waals surface area (Å²) in [4.78, 5) is 44.6. The number of hydrogen-bond donors (Lipinski definition) is 2. The maximum absolute atomic E-state index is 13.6. The van der Waals surface area contributed by atoms with Crippen LogP contribution in [0.3, 0.4) is 0 Å². The molecule has 0 aliphatic rings. The number of hydrogen-bond acceptors (Lipinski definition) is 8. The summed E-state index contributed by atoms with van der Waals surface area (Å²) < 4.78 is 18.2. The van der Waals surface area contributed by atoms with E-state index in [1.165, 1.54) is 0 Å². The minimum atomic E-state index is -0.960. The van der Waals surface area contributed by atoms with Crippen LogP contribution in [0, 0.1) is 5.13 Å². The third-order valence-corrected chi connectivity index (χ3v) is 4.84. The molecule has 0 bridgehead atoms. The first-order valence-electron chi connectivity index (χ1n) is 7.28. The van der Waals surface area contributed by atoms with Crippen LogP contribution in [0.5, 0.6) is 0 Å². The Hall–Kier alpha value is -2.92. The molecule has 0 unspecified atom stereocenters. The molecular formula is C15H11FN4O4S2. The van der Waals surface area contributed by atoms with Crippen molar-refractivity contribution in [1.82, 2.24) is 15.3 Å². The van der Waals surface area contributed by atoms with Crippen molar-refractivity contribution in [1.29, 1.82) is 0 Å². The van der Waals surface area contributed by atoms with Crippen LogP contribution in [0.2, 0.25) is 0 Å². The van der Waals surface area contributed by atoms with Crippen molar-refractivity contribution in [3.8, 4) is 0 Å². The predicted molar refractivity (Wildman–Crippen MR) is 94.1 cm³/mol. The number of fused-ring (bicyclic) bond motifs is 1. The van der Waals surface area contributed by atoms with Gasteiger partial charge in [0, 0.05) is 12.3 Å². The Morgan fingerprint density at radius 2 is 2.08 bits per heavy atom. The van der Waals surface area contributed by atoms with Crippen LogP contribution in [-0.4, -0.2) is 34.5 Å². The van der Waals surface area contributed by atoms with Gasteiger partial charge in [0.2, 0.25) is 0 Å². The van der Waals surface area contributed by atoms with Crippen molar-refractivity contribution in [2.75, 3.05) is 11.9 Å². The molecule has 0 atom stereocenters. The van der Waals surface area contributed by atoms with Crippen LogP contribution in [0.15, 0.2) is 24.4 Å². The van der Waals surface area contributed by atoms with E-state index in [-0.39, 0.29) is 22.2 Å². The monoisotopic (exact) mass is 394 g/mol. The van der Waals surface area contributed by atoms with Gasteiger partial charge in [0.1, 0.15) is 15.3 Å². The first-order valence-corrected chi connectivity index (χ1v) is 8.91. The topological polar surface area (TPSA) is 110 Å². The smallest absolute Gasteiger partial charge is 0.414 e. The molecule has 0 fully saturated rings. The lowest BCUT2D eigenvalue weighted by atomic mass is 10.3. The third kappa shape index (κ3) is 3.83. The molecule has 3 aromatic rings. The van der Waals surface area contributed by atoms with E-state index in [0.717, 1.165) is 17.4 Å². The molecule has 0 aliphatic carbocycles. The Morgan fingerprint density at radius 1 is 1.27 bits per heavy atom. The fourth-order valence-corrected chi connectivity index (χ4v) is 3.55. The van der Waals surface area contributed by atoms with Gasteiger partial charge in [-0.05, 0) is 19.1 Å². The van der Waals surface area contributed by atoms with Crippen LogP contribution in [0.25, 0.3) is 10.3 Å². The normalized spacial score (nSPS) is 10.5. The third-order valence-electron chi connectivity index (χ3n) is 3.03. The van der Waals surface area contributed by atoms with Crippen molar-refractivity contribution in [3.63, 3.8) is 0 Å². The Balaban J connectivity index is 1.80. The van der Waals surface area contributed by atoms with Crippen molar-refractivity contribution in [2.45, 2.75) is 6.92 Å². The average molecular weight is 394 g/mol. The number of aromatic nitrogens is 2. The molecule has 0 saturated carbocycles. The number of carbonyl (C=O) groups excluding carboxylic acids is 3. The Morgan fingerprint density at radius 3 is 2.81 bits per heavy atom. The second-order valence-corrected chi connectivity index (χ2v) is 6.75. The summed E-state index contributed by atoms with van der Waals surface area (Å²) >= 11 is 1.63. The van der Waals surface area contributed by atoms with E-state index >= 15 is 0 Å². The fraction of sp³-hybridized carbons (Fsp3) is 0.133. The number of imide groups is 1. The number of carbonyl (C=O) groups is 3. The minimum Gasteiger partial charge on any atom is -0.450 e. The molecule has 3 heterocycles. The van der Waals surface area contributed by atoms with Gasteiger partial charge in [0.15, 0.2) is 10.1 Å². The van der Waals surface area contributed by atoms with E-state index in [2.05, 4.69) is 20.0 Å². The number of anilines is 1. The van der Waals surface area contributed by atoms with Gasteiger partial charge in [-0.3, -0.25) is 14.9 Å². The number of thiazole rings is 1. The highest BCUT2D eigenvalue weighted by Crippen LogP contribution is 2.28. The van der Waals surface area contributed by atoms with E-state index < -0.39 is 23.0 Å². The Labute approximate surface area is 154 Å². The van der Waals surface area contributed by atoms with Gasteiger partial charge in [0.25, 0.3) is 11.8 Å². The molecule has 0 saturated heterocycles. The van der Waals surface area contributed by atoms with E-state index in [0.29, 0.717) is 21.7 Å². The first kappa shape index (κ1) is 17.9. The summed E-state index contributed by atoms with van der Waals surface area (Å²) in [5, 5.41) is 3.77. The van der Waals surface area contributed by atoms with Gasteiger partial charge >= 0.3 is 6.09 Å². The molecule has 0 aliphatic heterocycles. The number of nitrogens with zero attached hydrogens (tertiary/aromatic N) is 2. The van der Waals surface area contributed by atoms with Crippen molar-refractivity contribution in [3.05, 3.63) is 40.1 Å². The molecule has 3 amide bonds. The predicted octanol–water partition coefficient (Wildman–Crippen LogP) is 3.03. The largest absolute Gasteiger partial charge is 0.450 e. The molecule has 3 aromatic heterocycles. The molecule has 8 nitrogen and oxygen atoms in total. The van der Waals surface area contributed by atoms with Crippen molar-refractivity contribution in [2.24, 2.45) is 0 Å². The van der Waals surface area contributed by atoms with Crippen LogP contribution < -0.4 is 10.6 Å². The zero-order chi connectivity index (χ0) is 18.7. The number of alkyl carbamates (subject to hydrolysis) is 1. The number of halogens is 1. The summed E-state index contributed by atoms with van der Waals surface area (Å²) in [5.74, 6) is -1.50. The molecule has 3 rings (SSSR count). The van der Waals surface area contributed by atoms with Crippen LogP contribution in [0.1, 0.15) is 27.1 Å². The number of ether oxygens (including phenoxy) is 1. The van der Waals surface area contributed by atoms with Gasteiger partial charge < -0.3 is 10.1 Å². The maximum atomic E-state index is 13.6. The summed E-state index contributed by atoms with van der Waals surface area (Å²) in [6, 6.07) is 4.32. The van der Waals surface area contributed by atoms with E-state index in [1.54, 1.807) is 25.3 Å². The summed E-state index contributed by atoms with van der Waals surface area (Å²) in [7, 11) is 0. The van der Waals surface area contributed by atoms with Gasteiger partial charge in [0.05, 0.1) is 12.2 Å². The van der Waals surface area contributed by atoms with Gasteiger partial charge in [-0.2, -0.15) is 4.39 Å². The number of thiophene rings is 1. The highest BCUT2D eigenvalue weighted by molar-refractivity contribution is 7.20. The van der Waals surface area contributed by atoms with Crippen LogP contribution in [-0.2, 0) is 4.74 Å². The second-order valence-electron chi connectivity index (χ2n) is 4.77. The highest BCUT2D eigenvalue weighted by Gasteiger charge is 2.22. The summed E-state index contributed by atoms with van der Waals surface area (Å²) in [5.41, 5.74) is 0.369. The van der Waals surface area contributed by atoms with Gasteiger partial charge in [-0.1, -0.05) is 22.7 Å². The molecule has 26 heavy (non-hydrogen) atoms. The molecule has 11 heteroatoms. The lowest BCUT2D eigenvalue weighted by Gasteiger charge is -2.05. The first-order chi connectivity index (χ1) is 12.5. The minimum absolute atomic E-state index is 0.0403. The molecule has 0 aromatic carbocycles. The van der Waals surface area contributed by atoms with E-state index in [4.69, 9.17) is 0 Å². The summed E-state index contributed by atoms with van der Waals surface area (Å²) in [6.07, 6.45) is 0.618. The SMILES string of the molecule is CCOC(=O)NC(=O)c1cc(F)sc1NC(=O)c1nc2cccnc2s1. The number of rotatable bonds is 4. The van der Waals surface area contributed by atoms with E-state index in [1.807, 2.05) is 5.32 Å². The number of pyridine rings is 1. The molecule has 0 spiro atoms. The lowest BCUT2D eigenvalue weighted by molar-refractivity contribution is 0.0926. The number of amides is 3. The summed E-state index contributed by atoms with van der Waals surface area (Å²) in [6.45, 7) is 1.65. The quantitative estimate of drug-likeness (QED) is 0.704. The zero-order valence-electron chi connectivity index (χ0n) is 13.2. The van der Waals surface area contributed by atoms with Crippen LogP contribution in [0.4, 0.5) is 14.2 Å². The number of nitrogens with one attached hydrogen (secondary N) is 2. The van der Waals surface area contributed by atoms with Gasteiger partial charge in [-0.25, -0.2) is 14.8 Å². The fourth-order valence-electron chi connectivity index (χ4n) is 1.97. The standard InChI is InChI=1S/C15H11FN4O4S2/c1-2-24-15(23)20-10(21)7-6-9(16)25-12(7)19-11(22)14-18-8-4-3-5-17-13(8)26-14/h3-6H,2H2,1H3,(H,19,22)(H,20,21,23). The highest BCUT2D eigenvalue weighted by atomic mass is 32.1. The van der Waals surface area contributed by atoms with Crippen molar-refractivity contribution >= 4 is 55.9 Å². The molecule has 2 N–H and O–H groups in total. The van der Waals surface area contributed by atoms with Gasteiger partial charge in [-0.15, -0.1) is 0 Å². The second kappa shape index (κ2) is 7.54. The maximum Gasteiger partial charge on any atom is 0.414 e. The zero-order valence-corrected chi connectivity index (χ0v) is 14.9. The average Bonchev–Trinajstić information content (AvgIpc) is 3.18. The Bertz CT molecular complexity index is 968. The Kier molecular flexibility index (Phi) is 5.19. The molecule has 134 valence electrons. The van der Waals surface area contributed by atoms with E-state index in [9.17, 15) is 18.8 Å². The van der Waals surface area contributed by atoms with Crippen LogP contribution >= 0.6 is 22.7 Å². The van der Waals surface area contributed by atoms with Crippen molar-refractivity contribution < 1.29 is 23.5 Å². The molecule has 0 radical (unpaired) electrons. The molecular weight excluding hydrogens is 383 g/mol.